The maximum Gasteiger partial charge on any atom is 0.337 e. The van der Waals surface area contributed by atoms with Crippen LogP contribution in [0.2, 0.25) is 0 Å². The van der Waals surface area contributed by atoms with E-state index in [2.05, 4.69) is 4.74 Å². The lowest BCUT2D eigenvalue weighted by atomic mass is 9.96. The first-order valence-electron chi connectivity index (χ1n) is 11.4. The third kappa shape index (κ3) is 6.21. The summed E-state index contributed by atoms with van der Waals surface area (Å²) in [4.78, 5) is 12.3. The van der Waals surface area contributed by atoms with Crippen molar-refractivity contribution in [3.05, 3.63) is 0 Å². The van der Waals surface area contributed by atoms with E-state index in [1.54, 1.807) is 0 Å². The second kappa shape index (κ2) is 12.8. The van der Waals surface area contributed by atoms with Crippen LogP contribution in [0.5, 0.6) is 0 Å². The molecule has 0 spiro atoms. The molecule has 37 heavy (non-hydrogen) atoms. The van der Waals surface area contributed by atoms with Crippen LogP contribution in [-0.4, -0.2) is 166 Å². The lowest BCUT2D eigenvalue weighted by Crippen LogP contribution is -2.67. The van der Waals surface area contributed by atoms with Crippen LogP contribution in [0.3, 0.4) is 0 Å². The average molecular weight is 545 g/mol. The SMILES string of the molecule is COC(=O)C1O[C@H](OC)C(O)[C@@H](O)[C@@H]1O[C@H]1OC(CO[C@H]2OC(CO)[C@H](O)[C@H](O)C2O)[C@@H](O)[C@H](O)C1N. The predicted octanol–water partition coefficient (Wildman–Crippen LogP) is -6.77. The number of nitrogens with two attached hydrogens (primary N) is 1. The Hall–Kier alpha value is -1.13. The van der Waals surface area contributed by atoms with Gasteiger partial charge in [-0.05, 0) is 0 Å². The van der Waals surface area contributed by atoms with Crippen molar-refractivity contribution in [2.45, 2.75) is 92.1 Å². The van der Waals surface area contributed by atoms with Crippen LogP contribution >= 0.6 is 0 Å². The smallest absolute Gasteiger partial charge is 0.337 e. The zero-order valence-electron chi connectivity index (χ0n) is 20.0. The van der Waals surface area contributed by atoms with Gasteiger partial charge in [0.1, 0.15) is 61.0 Å². The van der Waals surface area contributed by atoms with Crippen LogP contribution in [0.4, 0.5) is 0 Å². The van der Waals surface area contributed by atoms with E-state index in [9.17, 15) is 45.6 Å². The molecule has 3 saturated heterocycles. The molecule has 0 radical (unpaired) electrons. The summed E-state index contributed by atoms with van der Waals surface area (Å²) in [5, 5.41) is 80.9. The third-order valence-corrected chi connectivity index (χ3v) is 6.52. The third-order valence-electron chi connectivity index (χ3n) is 6.52. The average Bonchev–Trinajstić information content (AvgIpc) is 2.89. The number of ether oxygens (including phenoxy) is 7. The Labute approximate surface area is 210 Å². The van der Waals surface area contributed by atoms with Crippen molar-refractivity contribution in [3.8, 4) is 0 Å². The number of carbonyl (C=O) groups excluding carboxylic acids is 1. The minimum Gasteiger partial charge on any atom is -0.467 e. The molecular formula is C20H35NO16. The number of rotatable bonds is 8. The highest BCUT2D eigenvalue weighted by Gasteiger charge is 2.53. The molecule has 0 saturated carbocycles. The molecule has 3 fully saturated rings. The Morgan fingerprint density at radius 2 is 1.35 bits per heavy atom. The Kier molecular flexibility index (Phi) is 10.5. The first-order valence-corrected chi connectivity index (χ1v) is 11.4. The van der Waals surface area contributed by atoms with Crippen LogP contribution in [0.1, 0.15) is 0 Å². The molecule has 216 valence electrons. The summed E-state index contributed by atoms with van der Waals surface area (Å²) in [7, 11) is 2.23. The molecule has 0 amide bonds. The van der Waals surface area contributed by atoms with Gasteiger partial charge in [0.2, 0.25) is 0 Å². The molecule has 3 aliphatic heterocycles. The molecule has 3 heterocycles. The fourth-order valence-electron chi connectivity index (χ4n) is 4.25. The summed E-state index contributed by atoms with van der Waals surface area (Å²) < 4.78 is 36.7. The molecule has 0 aliphatic carbocycles. The van der Waals surface area contributed by atoms with E-state index < -0.39 is 111 Å². The standard InChI is InChI=1S/C20H35NO16/c1-31-17(30)16-15(12(27)14(29)19(32-2)37-16)36-18-7(21)10(25)9(24)6(35-18)4-33-20-13(28)11(26)8(23)5(3-22)34-20/h5-16,18-20,22-29H,3-4,21H2,1-2H3/t5?,6?,7?,8-,9+,10+,11-,12+,13?,14?,15-,16?,18+,19-,20-/m0/s1. The zero-order chi connectivity index (χ0) is 27.6. The van der Waals surface area contributed by atoms with Crippen LogP contribution in [0, 0.1) is 0 Å². The fourth-order valence-corrected chi connectivity index (χ4v) is 4.25. The van der Waals surface area contributed by atoms with E-state index in [-0.39, 0.29) is 0 Å². The number of aliphatic hydroxyl groups is 8. The number of methoxy groups -OCH3 is 2. The van der Waals surface area contributed by atoms with Crippen molar-refractivity contribution >= 4 is 5.97 Å². The van der Waals surface area contributed by atoms with Crippen molar-refractivity contribution in [2.24, 2.45) is 5.73 Å². The van der Waals surface area contributed by atoms with Crippen molar-refractivity contribution in [3.63, 3.8) is 0 Å². The summed E-state index contributed by atoms with van der Waals surface area (Å²) in [6.45, 7) is -1.27. The normalized spacial score (nSPS) is 49.0. The van der Waals surface area contributed by atoms with E-state index in [1.807, 2.05) is 0 Å². The van der Waals surface area contributed by atoms with Crippen LogP contribution in [0.15, 0.2) is 0 Å². The largest absolute Gasteiger partial charge is 0.467 e. The van der Waals surface area contributed by atoms with Gasteiger partial charge < -0.3 is 79.7 Å². The maximum absolute atomic E-state index is 12.3. The second-order valence-electron chi connectivity index (χ2n) is 8.90. The Balaban J connectivity index is 1.72. The maximum atomic E-state index is 12.3. The highest BCUT2D eigenvalue weighted by Crippen LogP contribution is 2.30. The Morgan fingerprint density at radius 1 is 0.757 bits per heavy atom. The molecule has 15 atom stereocenters. The molecule has 0 aromatic heterocycles. The minimum atomic E-state index is -1.76. The van der Waals surface area contributed by atoms with Gasteiger partial charge >= 0.3 is 5.97 Å². The van der Waals surface area contributed by atoms with Gasteiger partial charge in [0.25, 0.3) is 0 Å². The minimum absolute atomic E-state index is 0.577. The zero-order valence-corrected chi connectivity index (χ0v) is 20.0. The van der Waals surface area contributed by atoms with E-state index in [1.165, 1.54) is 7.11 Å². The van der Waals surface area contributed by atoms with Gasteiger partial charge in [0.15, 0.2) is 25.0 Å². The second-order valence-corrected chi connectivity index (χ2v) is 8.90. The highest BCUT2D eigenvalue weighted by atomic mass is 16.7. The number of esters is 1. The van der Waals surface area contributed by atoms with Crippen LogP contribution < -0.4 is 5.73 Å². The van der Waals surface area contributed by atoms with Gasteiger partial charge in [-0.2, -0.15) is 0 Å². The molecule has 17 nitrogen and oxygen atoms in total. The fraction of sp³-hybridized carbons (Fsp3) is 0.950. The van der Waals surface area contributed by atoms with E-state index >= 15 is 0 Å². The molecule has 3 aliphatic rings. The van der Waals surface area contributed by atoms with Crippen LogP contribution in [0.25, 0.3) is 0 Å². The predicted molar refractivity (Wildman–Crippen MR) is 113 cm³/mol. The number of hydrogen-bond acceptors (Lipinski definition) is 17. The van der Waals surface area contributed by atoms with Crippen molar-refractivity contribution < 1.29 is 78.8 Å². The molecule has 10 N–H and O–H groups in total. The van der Waals surface area contributed by atoms with E-state index in [4.69, 9.17) is 34.2 Å². The molecule has 0 aromatic carbocycles. The lowest BCUT2D eigenvalue weighted by molar-refractivity contribution is -0.345. The summed E-state index contributed by atoms with van der Waals surface area (Å²) in [5.41, 5.74) is 5.93. The monoisotopic (exact) mass is 545 g/mol. The summed E-state index contributed by atoms with van der Waals surface area (Å²) in [6.07, 6.45) is -22.2. The van der Waals surface area contributed by atoms with Crippen molar-refractivity contribution in [1.82, 2.24) is 0 Å². The van der Waals surface area contributed by atoms with Gasteiger partial charge in [0, 0.05) is 7.11 Å². The molecular weight excluding hydrogens is 510 g/mol. The first-order chi connectivity index (χ1) is 17.5. The number of carbonyl (C=O) groups is 1. The van der Waals surface area contributed by atoms with Crippen molar-refractivity contribution in [2.75, 3.05) is 27.4 Å². The van der Waals surface area contributed by atoms with Crippen LogP contribution in [-0.2, 0) is 38.0 Å². The van der Waals surface area contributed by atoms with E-state index in [0.717, 1.165) is 7.11 Å². The van der Waals surface area contributed by atoms with Gasteiger partial charge in [-0.25, -0.2) is 4.79 Å². The molecule has 17 heteroatoms. The first kappa shape index (κ1) is 30.4. The van der Waals surface area contributed by atoms with Gasteiger partial charge in [-0.15, -0.1) is 0 Å². The van der Waals surface area contributed by atoms with Gasteiger partial charge in [-0.1, -0.05) is 0 Å². The molecule has 0 aromatic rings. The Morgan fingerprint density at radius 3 is 1.95 bits per heavy atom. The van der Waals surface area contributed by atoms with Gasteiger partial charge in [-0.3, -0.25) is 0 Å². The topological polar surface area (TPSA) is 270 Å². The molecule has 0 bridgehead atoms. The number of hydrogen-bond donors (Lipinski definition) is 9. The van der Waals surface area contributed by atoms with Crippen molar-refractivity contribution in [1.29, 1.82) is 0 Å². The summed E-state index contributed by atoms with van der Waals surface area (Å²) >= 11 is 0. The lowest BCUT2D eigenvalue weighted by Gasteiger charge is -2.46. The highest BCUT2D eigenvalue weighted by molar-refractivity contribution is 5.75. The number of aliphatic hydroxyl groups excluding tert-OH is 8. The summed E-state index contributed by atoms with van der Waals surface area (Å²) in [6, 6.07) is -1.42. The van der Waals surface area contributed by atoms with E-state index in [0.29, 0.717) is 0 Å². The Bertz CT molecular complexity index is 745. The molecule has 3 rings (SSSR count). The molecule has 6 unspecified atom stereocenters. The van der Waals surface area contributed by atoms with Gasteiger partial charge in [0.05, 0.1) is 26.4 Å². The summed E-state index contributed by atoms with van der Waals surface area (Å²) in [5.74, 6) is -0.981. The quantitative estimate of drug-likeness (QED) is 0.128.